The first-order valence-corrected chi connectivity index (χ1v) is 10.8. The molecule has 0 aliphatic carbocycles. The van der Waals surface area contributed by atoms with Crippen LogP contribution in [-0.4, -0.2) is 27.2 Å². The van der Waals surface area contributed by atoms with Crippen LogP contribution < -0.4 is 9.77 Å². The maximum atomic E-state index is 13.5. The van der Waals surface area contributed by atoms with Gasteiger partial charge in [0.05, 0.1) is 16.6 Å². The Morgan fingerprint density at radius 1 is 1.00 bits per heavy atom. The van der Waals surface area contributed by atoms with E-state index in [1.165, 1.54) is 16.7 Å². The number of thiazole rings is 1. The number of imide groups is 1. The van der Waals surface area contributed by atoms with Gasteiger partial charge in [-0.25, -0.2) is 4.90 Å². The number of phenols is 1. The quantitative estimate of drug-likeness (QED) is 0.617. The first-order valence-electron chi connectivity index (χ1n) is 9.07. The standard InChI is InChI=1S/C21H16N2O4S2/c1-10-4-2-3-5-13(10)23-19(25)15-14(11-6-8-12(24)9-7-11)16-18(22-21(27)29-16)28-17(15)20(23)26/h2-9,14-15,17,24H,1H3,(H,22,27). The second-order valence-corrected chi connectivity index (χ2v) is 9.31. The first-order chi connectivity index (χ1) is 14.0. The molecule has 0 spiro atoms. The zero-order valence-electron chi connectivity index (χ0n) is 15.3. The number of amides is 2. The number of anilines is 1. The summed E-state index contributed by atoms with van der Waals surface area (Å²) < 4.78 is 0. The molecule has 1 fully saturated rings. The van der Waals surface area contributed by atoms with Crippen molar-refractivity contribution in [3.8, 4) is 5.75 Å². The van der Waals surface area contributed by atoms with Crippen molar-refractivity contribution in [2.45, 2.75) is 23.1 Å². The third-order valence-electron chi connectivity index (χ3n) is 5.43. The van der Waals surface area contributed by atoms with Crippen molar-refractivity contribution in [2.75, 3.05) is 4.90 Å². The number of H-pyrrole nitrogens is 1. The average Bonchev–Trinajstić information content (AvgIpc) is 3.18. The number of aryl methyl sites for hydroxylation is 1. The van der Waals surface area contributed by atoms with E-state index >= 15 is 0 Å². The maximum Gasteiger partial charge on any atom is 0.305 e. The summed E-state index contributed by atoms with van der Waals surface area (Å²) >= 11 is 2.33. The molecule has 3 unspecified atom stereocenters. The predicted molar refractivity (Wildman–Crippen MR) is 112 cm³/mol. The smallest absolute Gasteiger partial charge is 0.305 e. The lowest BCUT2D eigenvalue weighted by atomic mass is 9.83. The predicted octanol–water partition coefficient (Wildman–Crippen LogP) is 3.25. The normalized spacial score (nSPS) is 23.2. The van der Waals surface area contributed by atoms with Gasteiger partial charge in [0, 0.05) is 10.8 Å². The van der Waals surface area contributed by atoms with Gasteiger partial charge in [0.2, 0.25) is 11.8 Å². The van der Waals surface area contributed by atoms with E-state index in [0.29, 0.717) is 10.7 Å². The van der Waals surface area contributed by atoms with Crippen LogP contribution in [0.2, 0.25) is 0 Å². The molecule has 146 valence electrons. The van der Waals surface area contributed by atoms with Crippen molar-refractivity contribution >= 4 is 40.6 Å². The van der Waals surface area contributed by atoms with E-state index in [0.717, 1.165) is 27.3 Å². The van der Waals surface area contributed by atoms with E-state index in [1.54, 1.807) is 30.3 Å². The number of fused-ring (bicyclic) bond motifs is 2. The summed E-state index contributed by atoms with van der Waals surface area (Å²) in [5.74, 6) is -1.44. The Kier molecular flexibility index (Phi) is 4.15. The van der Waals surface area contributed by atoms with Crippen LogP contribution in [0.15, 0.2) is 58.4 Å². The molecule has 8 heteroatoms. The molecule has 2 N–H and O–H groups in total. The van der Waals surface area contributed by atoms with Crippen LogP contribution in [0.5, 0.6) is 5.75 Å². The molecule has 3 heterocycles. The van der Waals surface area contributed by atoms with Crippen LogP contribution in [0.1, 0.15) is 21.9 Å². The number of carbonyl (C=O) groups excluding carboxylic acids is 2. The van der Waals surface area contributed by atoms with Gasteiger partial charge in [-0.15, -0.1) is 0 Å². The van der Waals surface area contributed by atoms with Gasteiger partial charge >= 0.3 is 4.87 Å². The topological polar surface area (TPSA) is 90.5 Å². The highest BCUT2D eigenvalue weighted by atomic mass is 32.2. The van der Waals surface area contributed by atoms with Crippen LogP contribution in [0.4, 0.5) is 5.69 Å². The largest absolute Gasteiger partial charge is 0.508 e. The molecule has 2 aromatic carbocycles. The summed E-state index contributed by atoms with van der Waals surface area (Å²) in [4.78, 5) is 43.5. The summed E-state index contributed by atoms with van der Waals surface area (Å²) in [5.41, 5.74) is 2.24. The van der Waals surface area contributed by atoms with Gasteiger partial charge in [-0.2, -0.15) is 0 Å². The van der Waals surface area contributed by atoms with Crippen LogP contribution in [0.3, 0.4) is 0 Å². The van der Waals surface area contributed by atoms with Crippen molar-refractivity contribution in [2.24, 2.45) is 5.92 Å². The first kappa shape index (κ1) is 18.2. The van der Waals surface area contributed by atoms with E-state index < -0.39 is 17.1 Å². The van der Waals surface area contributed by atoms with Crippen molar-refractivity contribution in [3.05, 3.63) is 74.2 Å². The number of nitrogens with one attached hydrogen (secondary N) is 1. The Bertz CT molecular complexity index is 1200. The number of hydrogen-bond acceptors (Lipinski definition) is 6. The van der Waals surface area contributed by atoms with Crippen LogP contribution in [0, 0.1) is 12.8 Å². The molecule has 1 aromatic heterocycles. The van der Waals surface area contributed by atoms with Crippen molar-refractivity contribution in [1.82, 2.24) is 4.98 Å². The lowest BCUT2D eigenvalue weighted by Gasteiger charge is -2.29. The highest BCUT2D eigenvalue weighted by Gasteiger charge is 2.56. The lowest BCUT2D eigenvalue weighted by molar-refractivity contribution is -0.122. The van der Waals surface area contributed by atoms with Crippen LogP contribution >= 0.6 is 23.1 Å². The van der Waals surface area contributed by atoms with Crippen LogP contribution in [0.25, 0.3) is 0 Å². The number of aromatic hydroxyl groups is 1. The van der Waals surface area contributed by atoms with Gasteiger partial charge < -0.3 is 10.1 Å². The number of aromatic nitrogens is 1. The van der Waals surface area contributed by atoms with Crippen molar-refractivity contribution in [1.29, 1.82) is 0 Å². The average molecular weight is 425 g/mol. The number of nitrogens with zero attached hydrogens (tertiary/aromatic N) is 1. The maximum absolute atomic E-state index is 13.5. The number of carbonyl (C=O) groups is 2. The van der Waals surface area contributed by atoms with E-state index in [9.17, 15) is 19.5 Å². The SMILES string of the molecule is Cc1ccccc1N1C(=O)C2Sc3[nH]c(=O)sc3C(c3ccc(O)cc3)C2C1=O. The van der Waals surface area contributed by atoms with Gasteiger partial charge in [0.1, 0.15) is 11.0 Å². The Morgan fingerprint density at radius 2 is 1.72 bits per heavy atom. The number of hydrogen-bond donors (Lipinski definition) is 2. The minimum Gasteiger partial charge on any atom is -0.508 e. The second-order valence-electron chi connectivity index (χ2n) is 7.14. The molecule has 3 aromatic rings. The fraction of sp³-hybridized carbons (Fsp3) is 0.190. The zero-order chi connectivity index (χ0) is 20.3. The minimum atomic E-state index is -0.615. The van der Waals surface area contributed by atoms with E-state index in [-0.39, 0.29) is 22.4 Å². The fourth-order valence-corrected chi connectivity index (χ4v) is 6.62. The van der Waals surface area contributed by atoms with E-state index in [4.69, 9.17) is 0 Å². The highest BCUT2D eigenvalue weighted by molar-refractivity contribution is 8.00. The molecular weight excluding hydrogens is 408 g/mol. The summed E-state index contributed by atoms with van der Waals surface area (Å²) in [7, 11) is 0. The number of benzene rings is 2. The number of aromatic amines is 1. The molecule has 6 nitrogen and oxygen atoms in total. The Labute approximate surface area is 174 Å². The molecule has 1 saturated heterocycles. The van der Waals surface area contributed by atoms with Gasteiger partial charge in [0.25, 0.3) is 0 Å². The highest BCUT2D eigenvalue weighted by Crippen LogP contribution is 2.53. The third-order valence-corrected chi connectivity index (χ3v) is 7.83. The molecule has 29 heavy (non-hydrogen) atoms. The number of para-hydroxylation sites is 1. The summed E-state index contributed by atoms with van der Waals surface area (Å²) in [5, 5.41) is 9.70. The number of rotatable bonds is 2. The molecular formula is C21H16N2O4S2. The van der Waals surface area contributed by atoms with E-state index in [1.807, 2.05) is 25.1 Å². The van der Waals surface area contributed by atoms with Crippen LogP contribution in [-0.2, 0) is 9.59 Å². The molecule has 2 aliphatic heterocycles. The van der Waals surface area contributed by atoms with Gasteiger partial charge in [-0.3, -0.25) is 14.4 Å². The van der Waals surface area contributed by atoms with E-state index in [2.05, 4.69) is 4.98 Å². The Hall–Kier alpha value is -2.84. The zero-order valence-corrected chi connectivity index (χ0v) is 16.9. The van der Waals surface area contributed by atoms with Crippen molar-refractivity contribution in [3.63, 3.8) is 0 Å². The monoisotopic (exact) mass is 424 g/mol. The lowest BCUT2D eigenvalue weighted by Crippen LogP contribution is -2.32. The number of phenolic OH excluding ortho intramolecular Hbond substituents is 1. The molecule has 2 aliphatic rings. The minimum absolute atomic E-state index is 0.119. The summed E-state index contributed by atoms with van der Waals surface area (Å²) in [6.45, 7) is 1.87. The van der Waals surface area contributed by atoms with Gasteiger partial charge in [-0.05, 0) is 36.2 Å². The molecule has 0 saturated carbocycles. The summed E-state index contributed by atoms with van der Waals surface area (Å²) in [6, 6.07) is 13.9. The Morgan fingerprint density at radius 3 is 2.45 bits per heavy atom. The Balaban J connectivity index is 1.67. The number of thioether (sulfide) groups is 1. The fourth-order valence-electron chi connectivity index (χ4n) is 4.11. The third kappa shape index (κ3) is 2.74. The van der Waals surface area contributed by atoms with Gasteiger partial charge in [0.15, 0.2) is 0 Å². The summed E-state index contributed by atoms with van der Waals surface area (Å²) in [6.07, 6.45) is 0. The van der Waals surface area contributed by atoms with Crippen molar-refractivity contribution < 1.29 is 14.7 Å². The molecule has 5 rings (SSSR count). The molecule has 3 atom stereocenters. The molecule has 2 amide bonds. The second kappa shape index (κ2) is 6.60. The molecule has 0 radical (unpaired) electrons. The van der Waals surface area contributed by atoms with Gasteiger partial charge in [-0.1, -0.05) is 53.4 Å². The molecule has 0 bridgehead atoms.